The van der Waals surface area contributed by atoms with Crippen LogP contribution in [0.2, 0.25) is 0 Å². The van der Waals surface area contributed by atoms with Crippen molar-refractivity contribution in [2.24, 2.45) is 5.92 Å². The Morgan fingerprint density at radius 1 is 1.25 bits per heavy atom. The van der Waals surface area contributed by atoms with Gasteiger partial charge in [0, 0.05) is 6.54 Å². The molecule has 0 unspecified atom stereocenters. The number of carbonyl (C=O) groups is 1. The van der Waals surface area contributed by atoms with E-state index in [1.54, 1.807) is 0 Å². The molecular weight excluding hydrogens is 250 g/mol. The maximum atomic E-state index is 11.8. The molecule has 110 valence electrons. The molecule has 0 aromatic heterocycles. The maximum absolute atomic E-state index is 11.8. The zero-order valence-electron chi connectivity index (χ0n) is 12.6. The second-order valence-electron chi connectivity index (χ2n) is 5.87. The quantitative estimate of drug-likeness (QED) is 0.894. The molecule has 0 spiro atoms. The first-order chi connectivity index (χ1) is 9.65. The van der Waals surface area contributed by atoms with Crippen LogP contribution in [0.25, 0.3) is 0 Å². The maximum Gasteiger partial charge on any atom is 0.257 e. The third-order valence-electron chi connectivity index (χ3n) is 4.02. The fourth-order valence-electron chi connectivity index (χ4n) is 2.71. The molecule has 1 saturated carbocycles. The summed E-state index contributed by atoms with van der Waals surface area (Å²) in [5.41, 5.74) is 2.21. The predicted molar refractivity (Wildman–Crippen MR) is 81.0 cm³/mol. The molecule has 1 aromatic rings. The third-order valence-corrected chi connectivity index (χ3v) is 4.02. The number of nitrogens with one attached hydrogen (secondary N) is 1. The highest BCUT2D eigenvalue weighted by Crippen LogP contribution is 2.22. The molecule has 1 amide bonds. The summed E-state index contributed by atoms with van der Waals surface area (Å²) in [6.07, 6.45) is 6.45. The van der Waals surface area contributed by atoms with Gasteiger partial charge in [-0.3, -0.25) is 4.79 Å². The molecular formula is C17H25NO2. The summed E-state index contributed by atoms with van der Waals surface area (Å²) in [4.78, 5) is 11.8. The summed E-state index contributed by atoms with van der Waals surface area (Å²) in [6, 6.07) is 6.04. The largest absolute Gasteiger partial charge is 0.483 e. The van der Waals surface area contributed by atoms with Crippen molar-refractivity contribution in [3.63, 3.8) is 0 Å². The SMILES string of the molecule is Cc1ccc(C)c(OCC(=O)NCC2CCCCC2)c1. The van der Waals surface area contributed by atoms with Crippen LogP contribution >= 0.6 is 0 Å². The van der Waals surface area contributed by atoms with E-state index < -0.39 is 0 Å². The molecule has 0 radical (unpaired) electrons. The first-order valence-electron chi connectivity index (χ1n) is 7.62. The van der Waals surface area contributed by atoms with Gasteiger partial charge in [0.2, 0.25) is 0 Å². The van der Waals surface area contributed by atoms with Gasteiger partial charge in [0.25, 0.3) is 5.91 Å². The molecule has 1 N–H and O–H groups in total. The first kappa shape index (κ1) is 14.9. The van der Waals surface area contributed by atoms with Crippen molar-refractivity contribution in [1.82, 2.24) is 5.32 Å². The Hall–Kier alpha value is -1.51. The van der Waals surface area contributed by atoms with E-state index in [1.165, 1.54) is 32.1 Å². The van der Waals surface area contributed by atoms with Crippen LogP contribution in [0.15, 0.2) is 18.2 Å². The molecule has 1 fully saturated rings. The molecule has 1 aliphatic carbocycles. The third kappa shape index (κ3) is 4.55. The van der Waals surface area contributed by atoms with E-state index in [9.17, 15) is 4.79 Å². The van der Waals surface area contributed by atoms with Gasteiger partial charge in [0.15, 0.2) is 6.61 Å². The number of ether oxygens (including phenoxy) is 1. The van der Waals surface area contributed by atoms with E-state index >= 15 is 0 Å². The lowest BCUT2D eigenvalue weighted by Gasteiger charge is -2.21. The van der Waals surface area contributed by atoms with E-state index in [-0.39, 0.29) is 12.5 Å². The highest BCUT2D eigenvalue weighted by atomic mass is 16.5. The summed E-state index contributed by atoms with van der Waals surface area (Å²) < 4.78 is 5.61. The highest BCUT2D eigenvalue weighted by Gasteiger charge is 2.14. The van der Waals surface area contributed by atoms with Gasteiger partial charge < -0.3 is 10.1 Å². The second kappa shape index (κ2) is 7.32. The normalized spacial score (nSPS) is 15.9. The molecule has 0 saturated heterocycles. The molecule has 0 atom stereocenters. The van der Waals surface area contributed by atoms with Crippen LogP contribution in [-0.2, 0) is 4.79 Å². The summed E-state index contributed by atoms with van der Waals surface area (Å²) in [5, 5.41) is 2.99. The van der Waals surface area contributed by atoms with Crippen LogP contribution in [0.5, 0.6) is 5.75 Å². The monoisotopic (exact) mass is 275 g/mol. The molecule has 20 heavy (non-hydrogen) atoms. The number of aryl methyl sites for hydroxylation is 2. The number of hydrogen-bond donors (Lipinski definition) is 1. The van der Waals surface area contributed by atoms with Gasteiger partial charge in [-0.15, -0.1) is 0 Å². The van der Waals surface area contributed by atoms with Crippen molar-refractivity contribution in [3.05, 3.63) is 29.3 Å². The minimum atomic E-state index is -0.0171. The van der Waals surface area contributed by atoms with Crippen LogP contribution < -0.4 is 10.1 Å². The lowest BCUT2D eigenvalue weighted by molar-refractivity contribution is -0.123. The fourth-order valence-corrected chi connectivity index (χ4v) is 2.71. The molecule has 1 aromatic carbocycles. The number of amides is 1. The number of hydrogen-bond acceptors (Lipinski definition) is 2. The van der Waals surface area contributed by atoms with E-state index in [4.69, 9.17) is 4.74 Å². The average Bonchev–Trinajstić information content (AvgIpc) is 2.47. The van der Waals surface area contributed by atoms with Crippen LogP contribution in [-0.4, -0.2) is 19.1 Å². The van der Waals surface area contributed by atoms with Crippen molar-refractivity contribution in [2.45, 2.75) is 46.0 Å². The Morgan fingerprint density at radius 3 is 2.75 bits per heavy atom. The van der Waals surface area contributed by atoms with Crippen LogP contribution in [0.3, 0.4) is 0 Å². The van der Waals surface area contributed by atoms with Gasteiger partial charge in [-0.1, -0.05) is 31.4 Å². The van der Waals surface area contributed by atoms with Crippen molar-refractivity contribution >= 4 is 5.91 Å². The van der Waals surface area contributed by atoms with Gasteiger partial charge in [-0.2, -0.15) is 0 Å². The molecule has 3 heteroatoms. The summed E-state index contributed by atoms with van der Waals surface area (Å²) in [5.74, 6) is 1.45. The molecule has 1 aliphatic rings. The molecule has 2 rings (SSSR count). The standard InChI is InChI=1S/C17H25NO2/c1-13-8-9-14(2)16(10-13)20-12-17(19)18-11-15-6-4-3-5-7-15/h8-10,15H,3-7,11-12H2,1-2H3,(H,18,19). The zero-order chi connectivity index (χ0) is 14.4. The zero-order valence-corrected chi connectivity index (χ0v) is 12.6. The second-order valence-corrected chi connectivity index (χ2v) is 5.87. The van der Waals surface area contributed by atoms with E-state index in [0.29, 0.717) is 5.92 Å². The Balaban J connectivity index is 1.73. The minimum absolute atomic E-state index is 0.0171. The highest BCUT2D eigenvalue weighted by molar-refractivity contribution is 5.77. The number of carbonyl (C=O) groups excluding carboxylic acids is 1. The van der Waals surface area contributed by atoms with Crippen molar-refractivity contribution in [2.75, 3.05) is 13.2 Å². The van der Waals surface area contributed by atoms with Gasteiger partial charge >= 0.3 is 0 Å². The Kier molecular flexibility index (Phi) is 5.45. The topological polar surface area (TPSA) is 38.3 Å². The van der Waals surface area contributed by atoms with Crippen LogP contribution in [0.4, 0.5) is 0 Å². The lowest BCUT2D eigenvalue weighted by atomic mass is 9.89. The molecule has 0 heterocycles. The van der Waals surface area contributed by atoms with Gasteiger partial charge in [-0.05, 0) is 49.8 Å². The summed E-state index contributed by atoms with van der Waals surface area (Å²) >= 11 is 0. The fraction of sp³-hybridized carbons (Fsp3) is 0.588. The first-order valence-corrected chi connectivity index (χ1v) is 7.62. The summed E-state index contributed by atoms with van der Waals surface area (Å²) in [6.45, 7) is 4.93. The Labute approximate surface area is 121 Å². The molecule has 3 nitrogen and oxygen atoms in total. The Bertz CT molecular complexity index is 450. The predicted octanol–water partition coefficient (Wildman–Crippen LogP) is 3.38. The van der Waals surface area contributed by atoms with E-state index in [2.05, 4.69) is 5.32 Å². The average molecular weight is 275 g/mol. The lowest BCUT2D eigenvalue weighted by Crippen LogP contribution is -2.33. The van der Waals surface area contributed by atoms with Gasteiger partial charge in [0.05, 0.1) is 0 Å². The van der Waals surface area contributed by atoms with E-state index in [1.807, 2.05) is 32.0 Å². The smallest absolute Gasteiger partial charge is 0.257 e. The molecule has 0 aliphatic heterocycles. The van der Waals surface area contributed by atoms with Crippen molar-refractivity contribution in [3.8, 4) is 5.75 Å². The van der Waals surface area contributed by atoms with Gasteiger partial charge in [-0.25, -0.2) is 0 Å². The number of benzene rings is 1. The Morgan fingerprint density at radius 2 is 2.00 bits per heavy atom. The van der Waals surface area contributed by atoms with Crippen molar-refractivity contribution in [1.29, 1.82) is 0 Å². The minimum Gasteiger partial charge on any atom is -0.483 e. The molecule has 0 bridgehead atoms. The summed E-state index contributed by atoms with van der Waals surface area (Å²) in [7, 11) is 0. The number of rotatable bonds is 5. The van der Waals surface area contributed by atoms with Crippen molar-refractivity contribution < 1.29 is 9.53 Å². The van der Waals surface area contributed by atoms with Crippen LogP contribution in [0.1, 0.15) is 43.2 Å². The van der Waals surface area contributed by atoms with Crippen LogP contribution in [0, 0.1) is 19.8 Å². The van der Waals surface area contributed by atoms with Gasteiger partial charge in [0.1, 0.15) is 5.75 Å². The van der Waals surface area contributed by atoms with E-state index in [0.717, 1.165) is 23.4 Å².